The van der Waals surface area contributed by atoms with Crippen LogP contribution in [0.4, 0.5) is 5.69 Å². The van der Waals surface area contributed by atoms with Crippen LogP contribution in [-0.2, 0) is 17.0 Å². The molecular formula is C19H18N2O2S2. The number of rotatable bonds is 4. The van der Waals surface area contributed by atoms with Gasteiger partial charge in [-0.25, -0.2) is 4.99 Å². The summed E-state index contributed by atoms with van der Waals surface area (Å²) in [6.07, 6.45) is 0.878. The summed E-state index contributed by atoms with van der Waals surface area (Å²) in [6.45, 7) is 0.538. The summed E-state index contributed by atoms with van der Waals surface area (Å²) < 4.78 is 6.80. The summed E-state index contributed by atoms with van der Waals surface area (Å²) >= 11 is 3.19. The van der Waals surface area contributed by atoms with Gasteiger partial charge in [-0.3, -0.25) is 4.79 Å². The first-order valence-electron chi connectivity index (χ1n) is 8.21. The number of carbonyl (C=O) groups is 1. The molecule has 4 rings (SSSR count). The maximum absolute atomic E-state index is 12.1. The Morgan fingerprint density at radius 2 is 2.00 bits per heavy atom. The molecule has 1 N–H and O–H groups in total. The van der Waals surface area contributed by atoms with E-state index in [2.05, 4.69) is 22.4 Å². The summed E-state index contributed by atoms with van der Waals surface area (Å²) in [4.78, 5) is 16.7. The van der Waals surface area contributed by atoms with Crippen molar-refractivity contribution in [1.29, 1.82) is 0 Å². The van der Waals surface area contributed by atoms with Crippen LogP contribution in [0, 0.1) is 0 Å². The average Bonchev–Trinajstić information content (AvgIpc) is 3.07. The van der Waals surface area contributed by atoms with Gasteiger partial charge in [-0.15, -0.1) is 0 Å². The van der Waals surface area contributed by atoms with Crippen molar-refractivity contribution in [3.8, 4) is 5.75 Å². The fourth-order valence-corrected chi connectivity index (χ4v) is 4.75. The van der Waals surface area contributed by atoms with Gasteiger partial charge in [0.25, 0.3) is 0 Å². The number of para-hydroxylation sites is 2. The van der Waals surface area contributed by atoms with E-state index in [0.717, 1.165) is 28.0 Å². The molecule has 4 nitrogen and oxygen atoms in total. The topological polar surface area (TPSA) is 50.7 Å². The predicted molar refractivity (Wildman–Crippen MR) is 105 cm³/mol. The lowest BCUT2D eigenvalue weighted by Gasteiger charge is -2.15. The van der Waals surface area contributed by atoms with Crippen LogP contribution in [0.15, 0.2) is 53.5 Å². The summed E-state index contributed by atoms with van der Waals surface area (Å²) in [5.41, 5.74) is 3.48. The second kappa shape index (κ2) is 7.54. The van der Waals surface area contributed by atoms with Crippen LogP contribution in [0.3, 0.4) is 0 Å². The van der Waals surface area contributed by atoms with Crippen molar-refractivity contribution in [2.45, 2.75) is 18.3 Å². The summed E-state index contributed by atoms with van der Waals surface area (Å²) in [7, 11) is 0. The molecule has 2 aliphatic heterocycles. The standard InChI is InChI=1S/C19H18N2O2S2/c22-18(20-10-15-9-13-5-2-4-8-17(13)23-15)12-25-19-21-16-7-3-1-6-14(16)11-24-19/h1-8,15H,9-12H2,(H,20,22)/t15-/m0/s1. The van der Waals surface area contributed by atoms with E-state index in [1.165, 1.54) is 22.9 Å². The molecule has 0 unspecified atom stereocenters. The lowest BCUT2D eigenvalue weighted by molar-refractivity contribution is -0.118. The number of aliphatic imine (C=N–C) groups is 1. The van der Waals surface area contributed by atoms with E-state index in [1.54, 1.807) is 11.8 Å². The molecule has 2 heterocycles. The molecule has 0 aromatic heterocycles. The van der Waals surface area contributed by atoms with E-state index in [0.29, 0.717) is 12.3 Å². The molecular weight excluding hydrogens is 352 g/mol. The molecule has 2 aromatic rings. The zero-order valence-electron chi connectivity index (χ0n) is 13.6. The molecule has 2 aliphatic rings. The monoisotopic (exact) mass is 370 g/mol. The smallest absolute Gasteiger partial charge is 0.230 e. The fourth-order valence-electron chi connectivity index (χ4n) is 2.86. The predicted octanol–water partition coefficient (Wildman–Crippen LogP) is 3.77. The molecule has 0 bridgehead atoms. The Balaban J connectivity index is 1.24. The maximum atomic E-state index is 12.1. The number of amides is 1. The first-order chi connectivity index (χ1) is 12.3. The van der Waals surface area contributed by atoms with Gasteiger partial charge in [-0.2, -0.15) is 0 Å². The largest absolute Gasteiger partial charge is 0.488 e. The van der Waals surface area contributed by atoms with Crippen molar-refractivity contribution >= 4 is 39.5 Å². The minimum Gasteiger partial charge on any atom is -0.488 e. The molecule has 0 aliphatic carbocycles. The highest BCUT2D eigenvalue weighted by Gasteiger charge is 2.22. The summed E-state index contributed by atoms with van der Waals surface area (Å²) in [5.74, 6) is 2.25. The number of hydrogen-bond donors (Lipinski definition) is 1. The Morgan fingerprint density at radius 1 is 1.20 bits per heavy atom. The van der Waals surface area contributed by atoms with E-state index < -0.39 is 0 Å². The molecule has 0 spiro atoms. The van der Waals surface area contributed by atoms with Crippen molar-refractivity contribution in [3.05, 3.63) is 59.7 Å². The number of carbonyl (C=O) groups excluding carboxylic acids is 1. The molecule has 0 fully saturated rings. The lowest BCUT2D eigenvalue weighted by atomic mass is 10.1. The van der Waals surface area contributed by atoms with Gasteiger partial charge in [-0.05, 0) is 23.3 Å². The Hall–Kier alpha value is -1.92. The third-order valence-electron chi connectivity index (χ3n) is 4.12. The van der Waals surface area contributed by atoms with Crippen LogP contribution < -0.4 is 10.1 Å². The van der Waals surface area contributed by atoms with E-state index in [1.807, 2.05) is 36.4 Å². The number of hydrogen-bond acceptors (Lipinski definition) is 5. The van der Waals surface area contributed by atoms with Gasteiger partial charge in [-0.1, -0.05) is 59.9 Å². The number of nitrogens with one attached hydrogen (secondary N) is 1. The molecule has 0 saturated carbocycles. The van der Waals surface area contributed by atoms with Gasteiger partial charge >= 0.3 is 0 Å². The van der Waals surface area contributed by atoms with Crippen molar-refractivity contribution in [3.63, 3.8) is 0 Å². The van der Waals surface area contributed by atoms with Crippen molar-refractivity contribution < 1.29 is 9.53 Å². The lowest BCUT2D eigenvalue weighted by Crippen LogP contribution is -2.35. The van der Waals surface area contributed by atoms with E-state index >= 15 is 0 Å². The van der Waals surface area contributed by atoms with Crippen LogP contribution in [0.5, 0.6) is 5.75 Å². The molecule has 1 atom stereocenters. The SMILES string of the molecule is O=C(CSC1=Nc2ccccc2CS1)NC[C@@H]1Cc2ccccc2O1. The van der Waals surface area contributed by atoms with Gasteiger partial charge in [0.15, 0.2) is 0 Å². The van der Waals surface area contributed by atoms with Crippen molar-refractivity contribution in [1.82, 2.24) is 5.32 Å². The Bertz CT molecular complexity index is 798. The van der Waals surface area contributed by atoms with Gasteiger partial charge in [0.05, 0.1) is 18.0 Å². The molecule has 6 heteroatoms. The Labute approximate surface area is 155 Å². The number of benzene rings is 2. The number of thioether (sulfide) groups is 2. The zero-order chi connectivity index (χ0) is 17.1. The summed E-state index contributed by atoms with van der Waals surface area (Å²) in [5, 5.41) is 2.97. The first kappa shape index (κ1) is 16.5. The van der Waals surface area contributed by atoms with E-state index in [9.17, 15) is 4.79 Å². The molecule has 0 saturated heterocycles. The highest BCUT2D eigenvalue weighted by atomic mass is 32.2. The van der Waals surface area contributed by atoms with E-state index in [4.69, 9.17) is 4.74 Å². The fraction of sp³-hybridized carbons (Fsp3) is 0.263. The second-order valence-corrected chi connectivity index (χ2v) is 8.13. The molecule has 25 heavy (non-hydrogen) atoms. The third kappa shape index (κ3) is 4.02. The number of fused-ring (bicyclic) bond motifs is 2. The van der Waals surface area contributed by atoms with Gasteiger partial charge in [0.1, 0.15) is 16.2 Å². The highest BCUT2D eigenvalue weighted by Crippen LogP contribution is 2.34. The van der Waals surface area contributed by atoms with Gasteiger partial charge in [0, 0.05) is 12.2 Å². The quantitative estimate of drug-likeness (QED) is 0.890. The molecule has 128 valence electrons. The molecule has 1 amide bonds. The van der Waals surface area contributed by atoms with Crippen LogP contribution >= 0.6 is 23.5 Å². The van der Waals surface area contributed by atoms with Crippen LogP contribution in [0.2, 0.25) is 0 Å². The minimum absolute atomic E-state index is 0.0201. The molecule has 0 radical (unpaired) electrons. The normalized spacial score (nSPS) is 17.9. The van der Waals surface area contributed by atoms with Crippen LogP contribution in [-0.4, -0.2) is 28.7 Å². The highest BCUT2D eigenvalue weighted by molar-refractivity contribution is 8.38. The van der Waals surface area contributed by atoms with Crippen LogP contribution in [0.1, 0.15) is 11.1 Å². The third-order valence-corrected chi connectivity index (χ3v) is 6.37. The molecule has 2 aromatic carbocycles. The average molecular weight is 370 g/mol. The first-order valence-corrected chi connectivity index (χ1v) is 10.2. The zero-order valence-corrected chi connectivity index (χ0v) is 15.2. The van der Waals surface area contributed by atoms with Crippen molar-refractivity contribution in [2.24, 2.45) is 4.99 Å². The number of ether oxygens (including phenoxy) is 1. The van der Waals surface area contributed by atoms with E-state index in [-0.39, 0.29) is 12.0 Å². The van der Waals surface area contributed by atoms with Crippen molar-refractivity contribution in [2.75, 3.05) is 12.3 Å². The number of nitrogens with zero attached hydrogens (tertiary/aromatic N) is 1. The Kier molecular flexibility index (Phi) is 4.99. The van der Waals surface area contributed by atoms with Crippen LogP contribution in [0.25, 0.3) is 0 Å². The summed E-state index contributed by atoms with van der Waals surface area (Å²) in [6, 6.07) is 16.2. The van der Waals surface area contributed by atoms with Gasteiger partial charge < -0.3 is 10.1 Å². The Morgan fingerprint density at radius 3 is 2.88 bits per heavy atom. The maximum Gasteiger partial charge on any atom is 0.230 e. The second-order valence-electron chi connectivity index (χ2n) is 5.94. The van der Waals surface area contributed by atoms with Gasteiger partial charge in [0.2, 0.25) is 5.91 Å². The minimum atomic E-state index is 0.0201.